The Balaban J connectivity index is 2.21. The zero-order chi connectivity index (χ0) is 17.2. The topological polar surface area (TPSA) is 61.4 Å². The Morgan fingerprint density at radius 1 is 1.22 bits per heavy atom. The van der Waals surface area contributed by atoms with E-state index in [0.29, 0.717) is 5.69 Å². The van der Waals surface area contributed by atoms with E-state index < -0.39 is 0 Å². The Kier molecular flexibility index (Phi) is 4.97. The fraction of sp³-hybridized carbons (Fsp3) is 0.556. The van der Waals surface area contributed by atoms with Gasteiger partial charge in [-0.1, -0.05) is 19.9 Å². The molecule has 0 radical (unpaired) electrons. The standard InChI is InChI=1S/C18H27N3O2/c1-12(2)16(22)21-10-6-7-13-8-9-14(11-15(13)21)19-17(23)20-18(3,4)5/h8-9,11-12H,6-7,10H2,1-5H3,(H2,19,20,23). The quantitative estimate of drug-likeness (QED) is 0.876. The zero-order valence-electron chi connectivity index (χ0n) is 14.7. The summed E-state index contributed by atoms with van der Waals surface area (Å²) in [6.45, 7) is 10.4. The highest BCUT2D eigenvalue weighted by Crippen LogP contribution is 2.31. The number of nitrogens with one attached hydrogen (secondary N) is 2. The van der Waals surface area contributed by atoms with Crippen LogP contribution in [0, 0.1) is 5.92 Å². The van der Waals surface area contributed by atoms with E-state index in [1.54, 1.807) is 0 Å². The number of urea groups is 1. The molecule has 5 nitrogen and oxygen atoms in total. The first kappa shape index (κ1) is 17.3. The number of carbonyl (C=O) groups is 2. The highest BCUT2D eigenvalue weighted by molar-refractivity contribution is 5.97. The Morgan fingerprint density at radius 3 is 2.52 bits per heavy atom. The fourth-order valence-electron chi connectivity index (χ4n) is 2.70. The SMILES string of the molecule is CC(C)C(=O)N1CCCc2ccc(NC(=O)NC(C)(C)C)cc21. The van der Waals surface area contributed by atoms with Gasteiger partial charge in [-0.15, -0.1) is 0 Å². The van der Waals surface area contributed by atoms with E-state index in [2.05, 4.69) is 10.6 Å². The largest absolute Gasteiger partial charge is 0.333 e. The Bertz CT molecular complexity index is 603. The molecule has 126 valence electrons. The number of fused-ring (bicyclic) bond motifs is 1. The number of anilines is 2. The van der Waals surface area contributed by atoms with Crippen molar-refractivity contribution in [3.63, 3.8) is 0 Å². The third-order valence-corrected chi connectivity index (χ3v) is 3.71. The molecule has 2 N–H and O–H groups in total. The summed E-state index contributed by atoms with van der Waals surface area (Å²) < 4.78 is 0. The van der Waals surface area contributed by atoms with E-state index >= 15 is 0 Å². The number of carbonyl (C=O) groups excluding carboxylic acids is 2. The van der Waals surface area contributed by atoms with Gasteiger partial charge in [-0.25, -0.2) is 4.79 Å². The monoisotopic (exact) mass is 317 g/mol. The number of aryl methyl sites for hydroxylation is 1. The third kappa shape index (κ3) is 4.47. The summed E-state index contributed by atoms with van der Waals surface area (Å²) in [5.74, 6) is 0.0870. The predicted octanol–water partition coefficient (Wildman–Crippen LogP) is 3.54. The van der Waals surface area contributed by atoms with Crippen molar-refractivity contribution in [1.29, 1.82) is 0 Å². The molecular formula is C18H27N3O2. The van der Waals surface area contributed by atoms with Gasteiger partial charge >= 0.3 is 6.03 Å². The summed E-state index contributed by atoms with van der Waals surface area (Å²) in [5, 5.41) is 5.72. The van der Waals surface area contributed by atoms with Gasteiger partial charge in [0.15, 0.2) is 0 Å². The average Bonchev–Trinajstić information content (AvgIpc) is 2.43. The van der Waals surface area contributed by atoms with Crippen LogP contribution in [0.5, 0.6) is 0 Å². The second-order valence-corrected chi connectivity index (χ2v) is 7.42. The van der Waals surface area contributed by atoms with Crippen molar-refractivity contribution in [3.8, 4) is 0 Å². The van der Waals surface area contributed by atoms with Crippen LogP contribution in [0.15, 0.2) is 18.2 Å². The van der Waals surface area contributed by atoms with Crippen LogP contribution in [-0.2, 0) is 11.2 Å². The van der Waals surface area contributed by atoms with Gasteiger partial charge in [0.05, 0.1) is 0 Å². The van der Waals surface area contributed by atoms with E-state index in [1.165, 1.54) is 0 Å². The number of hydrogen-bond donors (Lipinski definition) is 2. The van der Waals surface area contributed by atoms with Gasteiger partial charge in [-0.3, -0.25) is 4.79 Å². The summed E-state index contributed by atoms with van der Waals surface area (Å²) in [6, 6.07) is 5.55. The van der Waals surface area contributed by atoms with Gasteiger partial charge in [0.25, 0.3) is 0 Å². The molecule has 1 aromatic rings. The predicted molar refractivity (Wildman–Crippen MR) is 93.9 cm³/mol. The highest BCUT2D eigenvalue weighted by Gasteiger charge is 2.25. The van der Waals surface area contributed by atoms with E-state index in [1.807, 2.05) is 57.7 Å². The van der Waals surface area contributed by atoms with E-state index in [4.69, 9.17) is 0 Å². The van der Waals surface area contributed by atoms with E-state index in [0.717, 1.165) is 30.6 Å². The number of hydrogen-bond acceptors (Lipinski definition) is 2. The molecule has 23 heavy (non-hydrogen) atoms. The first-order valence-corrected chi connectivity index (χ1v) is 8.21. The van der Waals surface area contributed by atoms with Crippen LogP contribution in [0.3, 0.4) is 0 Å². The second kappa shape index (κ2) is 6.60. The summed E-state index contributed by atoms with van der Waals surface area (Å²) >= 11 is 0. The van der Waals surface area contributed by atoms with E-state index in [9.17, 15) is 9.59 Å². The van der Waals surface area contributed by atoms with Gasteiger partial charge in [0, 0.05) is 29.4 Å². The molecule has 2 rings (SSSR count). The van der Waals surface area contributed by atoms with E-state index in [-0.39, 0.29) is 23.4 Å². The van der Waals surface area contributed by atoms with Gasteiger partial charge in [0.1, 0.15) is 0 Å². The lowest BCUT2D eigenvalue weighted by atomic mass is 9.99. The molecular weight excluding hydrogens is 290 g/mol. The first-order chi connectivity index (χ1) is 10.7. The Morgan fingerprint density at radius 2 is 1.91 bits per heavy atom. The maximum Gasteiger partial charge on any atom is 0.319 e. The summed E-state index contributed by atoms with van der Waals surface area (Å²) in [6.07, 6.45) is 1.94. The number of nitrogens with zero attached hydrogens (tertiary/aromatic N) is 1. The molecule has 0 saturated heterocycles. The van der Waals surface area contributed by atoms with Gasteiger partial charge in [-0.05, 0) is 51.3 Å². The number of amides is 3. The smallest absolute Gasteiger partial charge is 0.319 e. The first-order valence-electron chi connectivity index (χ1n) is 8.21. The Hall–Kier alpha value is -2.04. The highest BCUT2D eigenvalue weighted by atomic mass is 16.2. The minimum Gasteiger partial charge on any atom is -0.333 e. The van der Waals surface area contributed by atoms with Crippen molar-refractivity contribution in [2.45, 2.75) is 53.0 Å². The number of rotatable bonds is 2. The normalized spacial score (nSPS) is 14.4. The molecule has 5 heteroatoms. The van der Waals surface area contributed by atoms with Crippen molar-refractivity contribution >= 4 is 23.3 Å². The maximum absolute atomic E-state index is 12.4. The van der Waals surface area contributed by atoms with Gasteiger partial charge in [0.2, 0.25) is 5.91 Å². The van der Waals surface area contributed by atoms with Crippen molar-refractivity contribution in [3.05, 3.63) is 23.8 Å². The molecule has 0 aliphatic carbocycles. The zero-order valence-corrected chi connectivity index (χ0v) is 14.7. The molecule has 0 atom stereocenters. The molecule has 0 aromatic heterocycles. The minimum atomic E-state index is -0.294. The summed E-state index contributed by atoms with van der Waals surface area (Å²) in [4.78, 5) is 26.3. The minimum absolute atomic E-state index is 0.0400. The maximum atomic E-state index is 12.4. The van der Waals surface area contributed by atoms with Crippen LogP contribution in [0.4, 0.5) is 16.2 Å². The summed E-state index contributed by atoms with van der Waals surface area (Å²) in [5.41, 5.74) is 2.49. The van der Waals surface area contributed by atoms with Crippen molar-refractivity contribution in [2.24, 2.45) is 5.92 Å². The van der Waals surface area contributed by atoms with Gasteiger partial charge in [-0.2, -0.15) is 0 Å². The molecule has 0 spiro atoms. The molecule has 0 unspecified atom stereocenters. The Labute approximate surface area is 138 Å². The van der Waals surface area contributed by atoms with Crippen LogP contribution in [-0.4, -0.2) is 24.0 Å². The molecule has 0 bridgehead atoms. The van der Waals surface area contributed by atoms with Crippen LogP contribution >= 0.6 is 0 Å². The second-order valence-electron chi connectivity index (χ2n) is 7.42. The molecule has 1 aliphatic heterocycles. The molecule has 1 aromatic carbocycles. The summed E-state index contributed by atoms with van der Waals surface area (Å²) in [7, 11) is 0. The third-order valence-electron chi connectivity index (χ3n) is 3.71. The molecule has 1 heterocycles. The molecule has 0 saturated carbocycles. The van der Waals surface area contributed by atoms with Crippen LogP contribution in [0.25, 0.3) is 0 Å². The van der Waals surface area contributed by atoms with Crippen LogP contribution < -0.4 is 15.5 Å². The lowest BCUT2D eigenvalue weighted by molar-refractivity contribution is -0.121. The lowest BCUT2D eigenvalue weighted by Crippen LogP contribution is -2.43. The van der Waals surface area contributed by atoms with Gasteiger partial charge < -0.3 is 15.5 Å². The fourth-order valence-corrected chi connectivity index (χ4v) is 2.70. The molecule has 1 aliphatic rings. The van der Waals surface area contributed by atoms with Crippen molar-refractivity contribution in [1.82, 2.24) is 5.32 Å². The average molecular weight is 317 g/mol. The van der Waals surface area contributed by atoms with Crippen LogP contribution in [0.2, 0.25) is 0 Å². The number of benzene rings is 1. The molecule has 3 amide bonds. The van der Waals surface area contributed by atoms with Crippen LogP contribution in [0.1, 0.15) is 46.6 Å². The molecule has 0 fully saturated rings. The van der Waals surface area contributed by atoms with Crippen molar-refractivity contribution in [2.75, 3.05) is 16.8 Å². The van der Waals surface area contributed by atoms with Crippen molar-refractivity contribution < 1.29 is 9.59 Å². The lowest BCUT2D eigenvalue weighted by Gasteiger charge is -2.31.